The van der Waals surface area contributed by atoms with Gasteiger partial charge in [0, 0.05) is 12.4 Å². The normalized spacial score (nSPS) is 10.9. The highest BCUT2D eigenvalue weighted by atomic mass is 35.5. The van der Waals surface area contributed by atoms with Gasteiger partial charge < -0.3 is 4.98 Å². The molecule has 0 saturated carbocycles. The minimum Gasteiger partial charge on any atom is -0.339 e. The minimum atomic E-state index is -0.491. The number of fused-ring (bicyclic) bond motifs is 1. The van der Waals surface area contributed by atoms with Crippen molar-refractivity contribution in [1.82, 2.24) is 19.5 Å². The van der Waals surface area contributed by atoms with Gasteiger partial charge in [-0.2, -0.15) is 0 Å². The summed E-state index contributed by atoms with van der Waals surface area (Å²) in [5.41, 5.74) is -0.335. The number of rotatable bonds is 2. The number of imidazole rings is 1. The van der Waals surface area contributed by atoms with E-state index in [4.69, 9.17) is 11.6 Å². The molecule has 0 aliphatic heterocycles. The smallest absolute Gasteiger partial charge is 0.330 e. The third-order valence-electron chi connectivity index (χ3n) is 1.88. The first-order chi connectivity index (χ1) is 6.74. The third-order valence-corrected chi connectivity index (χ3v) is 2.04. The monoisotopic (exact) mass is 214 g/mol. The summed E-state index contributed by atoms with van der Waals surface area (Å²) < 4.78 is 1.32. The van der Waals surface area contributed by atoms with Gasteiger partial charge >= 0.3 is 5.69 Å². The van der Waals surface area contributed by atoms with Crippen LogP contribution in [0, 0.1) is 0 Å². The van der Waals surface area contributed by atoms with E-state index in [0.717, 1.165) is 0 Å². The van der Waals surface area contributed by atoms with Crippen LogP contribution in [0.5, 0.6) is 0 Å². The highest BCUT2D eigenvalue weighted by Gasteiger charge is 2.08. The van der Waals surface area contributed by atoms with Crippen LogP contribution in [0.25, 0.3) is 11.2 Å². The summed E-state index contributed by atoms with van der Waals surface area (Å²) in [6, 6.07) is 0. The van der Waals surface area contributed by atoms with Crippen LogP contribution in [0.15, 0.2) is 15.9 Å². The fraction of sp³-hybridized carbons (Fsp3) is 0.286. The molecule has 0 amide bonds. The maximum atomic E-state index is 11.3. The fourth-order valence-electron chi connectivity index (χ4n) is 1.27. The molecule has 7 heteroatoms. The van der Waals surface area contributed by atoms with Gasteiger partial charge in [-0.3, -0.25) is 14.3 Å². The molecule has 0 bridgehead atoms. The summed E-state index contributed by atoms with van der Waals surface area (Å²) in [7, 11) is 0. The van der Waals surface area contributed by atoms with Crippen molar-refractivity contribution in [1.29, 1.82) is 0 Å². The molecular weight excluding hydrogens is 208 g/mol. The standard InChI is InChI=1S/C7H7ClN4O2/c8-1-2-12-5-4(9-3-10-5)6(13)11-7(12)14/h3H,1-2H2,(H,9,10)(H,11,13,14). The molecule has 0 aromatic carbocycles. The second kappa shape index (κ2) is 3.30. The summed E-state index contributed by atoms with van der Waals surface area (Å²) in [4.78, 5) is 31.3. The lowest BCUT2D eigenvalue weighted by atomic mass is 10.5. The molecule has 2 rings (SSSR count). The molecule has 0 spiro atoms. The number of hydrogen-bond donors (Lipinski definition) is 2. The van der Waals surface area contributed by atoms with E-state index in [1.54, 1.807) is 0 Å². The average Bonchev–Trinajstić information content (AvgIpc) is 2.60. The minimum absolute atomic E-state index is 0.286. The SMILES string of the molecule is O=c1[nH]c(=O)n(CCCl)c2nc[nH]c12. The number of H-pyrrole nitrogens is 2. The van der Waals surface area contributed by atoms with E-state index in [9.17, 15) is 9.59 Å². The zero-order valence-electron chi connectivity index (χ0n) is 7.08. The van der Waals surface area contributed by atoms with E-state index in [1.165, 1.54) is 10.9 Å². The van der Waals surface area contributed by atoms with Crippen LogP contribution in [0.3, 0.4) is 0 Å². The number of alkyl halides is 1. The lowest BCUT2D eigenvalue weighted by Gasteiger charge is -2.01. The van der Waals surface area contributed by atoms with Crippen LogP contribution in [-0.2, 0) is 6.54 Å². The van der Waals surface area contributed by atoms with E-state index in [0.29, 0.717) is 12.2 Å². The molecule has 0 saturated heterocycles. The van der Waals surface area contributed by atoms with Crippen molar-refractivity contribution < 1.29 is 0 Å². The topological polar surface area (TPSA) is 83.5 Å². The lowest BCUT2D eigenvalue weighted by Crippen LogP contribution is -2.30. The molecule has 74 valence electrons. The largest absolute Gasteiger partial charge is 0.339 e. The first-order valence-corrected chi connectivity index (χ1v) is 4.49. The van der Waals surface area contributed by atoms with E-state index in [2.05, 4.69) is 15.0 Å². The van der Waals surface area contributed by atoms with Crippen LogP contribution in [0.4, 0.5) is 0 Å². The Kier molecular flexibility index (Phi) is 2.12. The number of aromatic nitrogens is 4. The van der Waals surface area contributed by atoms with E-state index < -0.39 is 11.2 Å². The van der Waals surface area contributed by atoms with Crippen molar-refractivity contribution >= 4 is 22.8 Å². The van der Waals surface area contributed by atoms with Gasteiger partial charge in [-0.25, -0.2) is 9.78 Å². The van der Waals surface area contributed by atoms with Crippen LogP contribution in [0.1, 0.15) is 0 Å². The van der Waals surface area contributed by atoms with E-state index in [-0.39, 0.29) is 11.4 Å². The molecule has 6 nitrogen and oxygen atoms in total. The molecule has 2 heterocycles. The van der Waals surface area contributed by atoms with Gasteiger partial charge in [-0.15, -0.1) is 11.6 Å². The Balaban J connectivity index is 2.86. The highest BCUT2D eigenvalue weighted by molar-refractivity contribution is 6.17. The molecular formula is C7H7ClN4O2. The Morgan fingerprint density at radius 1 is 1.50 bits per heavy atom. The summed E-state index contributed by atoms with van der Waals surface area (Å²) >= 11 is 5.53. The number of nitrogens with one attached hydrogen (secondary N) is 2. The molecule has 0 radical (unpaired) electrons. The zero-order chi connectivity index (χ0) is 10.1. The number of hydrogen-bond acceptors (Lipinski definition) is 3. The molecule has 2 aromatic rings. The molecule has 0 unspecified atom stereocenters. The van der Waals surface area contributed by atoms with Gasteiger partial charge in [0.05, 0.1) is 6.33 Å². The van der Waals surface area contributed by atoms with Crippen molar-refractivity contribution in [2.75, 3.05) is 5.88 Å². The van der Waals surface area contributed by atoms with Gasteiger partial charge in [0.25, 0.3) is 5.56 Å². The molecule has 0 atom stereocenters. The predicted octanol–water partition coefficient (Wildman–Crippen LogP) is -0.348. The average molecular weight is 215 g/mol. The van der Waals surface area contributed by atoms with Crippen LogP contribution in [-0.4, -0.2) is 25.4 Å². The van der Waals surface area contributed by atoms with Crippen molar-refractivity contribution in [3.05, 3.63) is 27.2 Å². The molecule has 2 aromatic heterocycles. The van der Waals surface area contributed by atoms with Crippen LogP contribution < -0.4 is 11.2 Å². The number of nitrogens with zero attached hydrogens (tertiary/aromatic N) is 2. The van der Waals surface area contributed by atoms with Crippen molar-refractivity contribution in [2.24, 2.45) is 0 Å². The molecule has 0 fully saturated rings. The summed E-state index contributed by atoms with van der Waals surface area (Å²) in [5.74, 6) is 0.286. The van der Waals surface area contributed by atoms with Gasteiger partial charge in [0.2, 0.25) is 0 Å². The lowest BCUT2D eigenvalue weighted by molar-refractivity contribution is 0.724. The van der Waals surface area contributed by atoms with E-state index >= 15 is 0 Å². The molecule has 0 aliphatic carbocycles. The number of halogens is 1. The first-order valence-electron chi connectivity index (χ1n) is 3.96. The van der Waals surface area contributed by atoms with Crippen LogP contribution >= 0.6 is 11.6 Å². The van der Waals surface area contributed by atoms with Gasteiger partial charge in [-0.1, -0.05) is 0 Å². The second-order valence-corrected chi connectivity index (χ2v) is 3.08. The maximum Gasteiger partial charge on any atom is 0.330 e. The molecule has 0 aliphatic rings. The van der Waals surface area contributed by atoms with Crippen LogP contribution in [0.2, 0.25) is 0 Å². The van der Waals surface area contributed by atoms with Crippen molar-refractivity contribution in [3.63, 3.8) is 0 Å². The van der Waals surface area contributed by atoms with Gasteiger partial charge in [0.15, 0.2) is 5.65 Å². The molecule has 14 heavy (non-hydrogen) atoms. The van der Waals surface area contributed by atoms with Crippen molar-refractivity contribution in [3.8, 4) is 0 Å². The summed E-state index contributed by atoms with van der Waals surface area (Å²) in [6.07, 6.45) is 1.37. The zero-order valence-corrected chi connectivity index (χ0v) is 7.84. The quantitative estimate of drug-likeness (QED) is 0.671. The Hall–Kier alpha value is -1.56. The summed E-state index contributed by atoms with van der Waals surface area (Å²) in [5, 5.41) is 0. The Morgan fingerprint density at radius 2 is 2.29 bits per heavy atom. The maximum absolute atomic E-state index is 11.3. The molecule has 2 N–H and O–H groups in total. The second-order valence-electron chi connectivity index (χ2n) is 2.70. The predicted molar refractivity (Wildman–Crippen MR) is 51.7 cm³/mol. The van der Waals surface area contributed by atoms with Crippen molar-refractivity contribution in [2.45, 2.75) is 6.54 Å². The van der Waals surface area contributed by atoms with Gasteiger partial charge in [0.1, 0.15) is 5.52 Å². The fourth-order valence-corrected chi connectivity index (χ4v) is 1.44. The summed E-state index contributed by atoms with van der Waals surface area (Å²) in [6.45, 7) is 0.318. The number of aromatic amines is 2. The van der Waals surface area contributed by atoms with E-state index in [1.807, 2.05) is 0 Å². The Morgan fingerprint density at radius 3 is 3.00 bits per heavy atom. The van der Waals surface area contributed by atoms with Gasteiger partial charge in [-0.05, 0) is 0 Å². The third kappa shape index (κ3) is 1.24. The first kappa shape index (κ1) is 9.01. The Bertz CT molecular complexity index is 567. The highest BCUT2D eigenvalue weighted by Crippen LogP contribution is 1.99. The Labute approximate surface area is 82.5 Å². The number of aryl methyl sites for hydroxylation is 1.